The van der Waals surface area contributed by atoms with Crippen molar-refractivity contribution in [2.24, 2.45) is 5.92 Å². The van der Waals surface area contributed by atoms with Crippen LogP contribution in [0.25, 0.3) is 0 Å². The number of carbonyl (C=O) groups excluding carboxylic acids is 1. The minimum absolute atomic E-state index is 0.0670. The van der Waals surface area contributed by atoms with Crippen molar-refractivity contribution in [2.75, 3.05) is 5.32 Å². The fourth-order valence-electron chi connectivity index (χ4n) is 3.28. The van der Waals surface area contributed by atoms with Crippen LogP contribution in [0.5, 0.6) is 0 Å². The molecule has 0 aliphatic heterocycles. The van der Waals surface area contributed by atoms with E-state index >= 15 is 0 Å². The predicted octanol–water partition coefficient (Wildman–Crippen LogP) is 5.79. The molecule has 2 amide bonds. The third-order valence-corrected chi connectivity index (χ3v) is 6.56. The Kier molecular flexibility index (Phi) is 8.14. The van der Waals surface area contributed by atoms with E-state index < -0.39 is 22.2 Å². The molecule has 0 aromatic heterocycles. The van der Waals surface area contributed by atoms with Gasteiger partial charge in [0, 0.05) is 10.7 Å². The van der Waals surface area contributed by atoms with Crippen molar-refractivity contribution < 1.29 is 18.3 Å². The number of halogens is 1. The molecule has 0 saturated heterocycles. The van der Waals surface area contributed by atoms with Crippen LogP contribution in [0.3, 0.4) is 0 Å². The molecule has 0 bridgehead atoms. The van der Waals surface area contributed by atoms with Gasteiger partial charge in [0.1, 0.15) is 0 Å². The molecule has 0 saturated carbocycles. The minimum Gasteiger partial charge on any atom is -0.388 e. The predicted molar refractivity (Wildman–Crippen MR) is 125 cm³/mol. The van der Waals surface area contributed by atoms with Crippen molar-refractivity contribution in [3.63, 3.8) is 0 Å². The van der Waals surface area contributed by atoms with Gasteiger partial charge in [-0.2, -0.15) is 0 Å². The minimum atomic E-state index is -4.13. The lowest BCUT2D eigenvalue weighted by atomic mass is 9.92. The summed E-state index contributed by atoms with van der Waals surface area (Å²) in [5.74, 6) is 0.0534. The Labute approximate surface area is 190 Å². The number of benzene rings is 2. The van der Waals surface area contributed by atoms with E-state index in [2.05, 4.69) is 10.0 Å². The molecular weight excluding hydrogens is 436 g/mol. The van der Waals surface area contributed by atoms with E-state index in [1.54, 1.807) is 24.3 Å². The lowest BCUT2D eigenvalue weighted by Crippen LogP contribution is -2.35. The molecule has 0 heterocycles. The van der Waals surface area contributed by atoms with E-state index in [4.69, 9.17) is 11.6 Å². The monoisotopic (exact) mass is 466 g/mol. The number of anilines is 1. The van der Waals surface area contributed by atoms with Crippen LogP contribution in [0.4, 0.5) is 10.5 Å². The second-order valence-electron chi connectivity index (χ2n) is 8.59. The zero-order chi connectivity index (χ0) is 23.5. The SMILES string of the molecule is CC(C)c1cc(Cl)cc(C(C)C)c1NC(=O)NS(=O)(=O)c1cccc(C(O)C(C)C)c1. The highest BCUT2D eigenvalue weighted by atomic mass is 35.5. The Morgan fingerprint density at radius 2 is 1.52 bits per heavy atom. The van der Waals surface area contributed by atoms with Gasteiger partial charge in [0.25, 0.3) is 10.0 Å². The van der Waals surface area contributed by atoms with E-state index in [-0.39, 0.29) is 22.6 Å². The first kappa shape index (κ1) is 25.2. The zero-order valence-electron chi connectivity index (χ0n) is 18.7. The summed E-state index contributed by atoms with van der Waals surface area (Å²) in [4.78, 5) is 12.6. The molecule has 170 valence electrons. The maximum Gasteiger partial charge on any atom is 0.333 e. The highest BCUT2D eigenvalue weighted by Gasteiger charge is 2.23. The number of amides is 2. The number of urea groups is 1. The van der Waals surface area contributed by atoms with Crippen LogP contribution in [0, 0.1) is 5.92 Å². The van der Waals surface area contributed by atoms with E-state index in [0.717, 1.165) is 11.1 Å². The van der Waals surface area contributed by atoms with Crippen LogP contribution >= 0.6 is 11.6 Å². The van der Waals surface area contributed by atoms with Crippen LogP contribution in [-0.2, 0) is 10.0 Å². The summed E-state index contributed by atoms with van der Waals surface area (Å²) in [5.41, 5.74) is 2.68. The molecule has 1 atom stereocenters. The fraction of sp³-hybridized carbons (Fsp3) is 0.435. The molecule has 2 rings (SSSR count). The lowest BCUT2D eigenvalue weighted by Gasteiger charge is -2.21. The normalized spacial score (nSPS) is 13.0. The summed E-state index contributed by atoms with van der Waals surface area (Å²) in [6.45, 7) is 11.6. The standard InChI is InChI=1S/C23H31ClN2O4S/c1-13(2)19-11-17(24)12-20(14(3)4)21(19)25-23(28)26-31(29,30)18-9-7-8-16(10-18)22(27)15(5)6/h7-15,22,27H,1-6H3,(H2,25,26,28). The highest BCUT2D eigenvalue weighted by molar-refractivity contribution is 7.90. The van der Waals surface area contributed by atoms with Crippen molar-refractivity contribution in [3.05, 3.63) is 58.1 Å². The van der Waals surface area contributed by atoms with Crippen LogP contribution in [0.2, 0.25) is 5.02 Å². The van der Waals surface area contributed by atoms with Crippen molar-refractivity contribution in [3.8, 4) is 0 Å². The number of nitrogens with one attached hydrogen (secondary N) is 2. The largest absolute Gasteiger partial charge is 0.388 e. The molecule has 0 fully saturated rings. The molecule has 8 heteroatoms. The van der Waals surface area contributed by atoms with Gasteiger partial charge in [0.05, 0.1) is 11.0 Å². The van der Waals surface area contributed by atoms with Gasteiger partial charge < -0.3 is 10.4 Å². The van der Waals surface area contributed by atoms with Crippen molar-refractivity contribution >= 4 is 33.3 Å². The Balaban J connectivity index is 2.34. The number of hydrogen-bond donors (Lipinski definition) is 3. The van der Waals surface area contributed by atoms with Crippen molar-refractivity contribution in [2.45, 2.75) is 64.4 Å². The van der Waals surface area contributed by atoms with E-state index in [1.807, 2.05) is 41.5 Å². The summed E-state index contributed by atoms with van der Waals surface area (Å²) in [6, 6.07) is 8.65. The number of hydrogen-bond acceptors (Lipinski definition) is 4. The smallest absolute Gasteiger partial charge is 0.333 e. The number of rotatable bonds is 7. The van der Waals surface area contributed by atoms with Crippen LogP contribution < -0.4 is 10.0 Å². The Morgan fingerprint density at radius 3 is 2.00 bits per heavy atom. The summed E-state index contributed by atoms with van der Waals surface area (Å²) >= 11 is 6.25. The average Bonchev–Trinajstić information content (AvgIpc) is 2.67. The van der Waals surface area contributed by atoms with E-state index in [9.17, 15) is 18.3 Å². The summed E-state index contributed by atoms with van der Waals surface area (Å²) in [6.07, 6.45) is -0.805. The first-order valence-corrected chi connectivity index (χ1v) is 12.1. The second kappa shape index (κ2) is 10.0. The van der Waals surface area contributed by atoms with E-state index in [1.165, 1.54) is 12.1 Å². The number of carbonyl (C=O) groups is 1. The Morgan fingerprint density at radius 1 is 0.968 bits per heavy atom. The maximum atomic E-state index is 12.8. The van der Waals surface area contributed by atoms with Crippen LogP contribution in [-0.4, -0.2) is 19.6 Å². The van der Waals surface area contributed by atoms with Gasteiger partial charge in [-0.05, 0) is 58.7 Å². The Bertz CT molecular complexity index is 1020. The van der Waals surface area contributed by atoms with Crippen LogP contribution in [0.1, 0.15) is 76.2 Å². The fourth-order valence-corrected chi connectivity index (χ4v) is 4.47. The first-order chi connectivity index (χ1) is 14.3. The Hall–Kier alpha value is -2.09. The quantitative estimate of drug-likeness (QED) is 0.481. The van der Waals surface area contributed by atoms with Gasteiger partial charge in [-0.1, -0.05) is 65.3 Å². The van der Waals surface area contributed by atoms with Gasteiger partial charge >= 0.3 is 6.03 Å². The molecule has 6 nitrogen and oxygen atoms in total. The third-order valence-electron chi connectivity index (χ3n) is 5.02. The maximum absolute atomic E-state index is 12.8. The summed E-state index contributed by atoms with van der Waals surface area (Å²) < 4.78 is 27.7. The molecular formula is C23H31ClN2O4S. The van der Waals surface area contributed by atoms with E-state index in [0.29, 0.717) is 16.3 Å². The molecule has 0 aliphatic rings. The number of sulfonamides is 1. The van der Waals surface area contributed by atoms with Gasteiger partial charge in [-0.25, -0.2) is 17.9 Å². The highest BCUT2D eigenvalue weighted by Crippen LogP contribution is 2.35. The van der Waals surface area contributed by atoms with Crippen LogP contribution in [0.15, 0.2) is 41.3 Å². The van der Waals surface area contributed by atoms with Gasteiger partial charge in [0.15, 0.2) is 0 Å². The lowest BCUT2D eigenvalue weighted by molar-refractivity contribution is 0.126. The first-order valence-electron chi connectivity index (χ1n) is 10.3. The number of aliphatic hydroxyl groups is 1. The molecule has 31 heavy (non-hydrogen) atoms. The third kappa shape index (κ3) is 6.21. The van der Waals surface area contributed by atoms with Gasteiger partial charge in [0.2, 0.25) is 0 Å². The molecule has 0 aliphatic carbocycles. The summed E-state index contributed by atoms with van der Waals surface area (Å²) in [7, 11) is -4.13. The van der Waals surface area contributed by atoms with Crippen molar-refractivity contribution in [1.82, 2.24) is 4.72 Å². The topological polar surface area (TPSA) is 95.5 Å². The number of aliphatic hydroxyl groups excluding tert-OH is 1. The summed E-state index contributed by atoms with van der Waals surface area (Å²) in [5, 5.41) is 13.5. The molecule has 0 radical (unpaired) electrons. The average molecular weight is 467 g/mol. The van der Waals surface area contributed by atoms with Gasteiger partial charge in [-0.3, -0.25) is 0 Å². The van der Waals surface area contributed by atoms with Crippen molar-refractivity contribution in [1.29, 1.82) is 0 Å². The molecule has 3 N–H and O–H groups in total. The second-order valence-corrected chi connectivity index (χ2v) is 10.7. The molecule has 1 unspecified atom stereocenters. The molecule has 2 aromatic rings. The molecule has 2 aromatic carbocycles. The zero-order valence-corrected chi connectivity index (χ0v) is 20.3. The molecule has 0 spiro atoms. The van der Waals surface area contributed by atoms with Gasteiger partial charge in [-0.15, -0.1) is 0 Å².